The van der Waals surface area contributed by atoms with Crippen LogP contribution < -0.4 is 4.90 Å². The SMILES string of the molecule is C[C@H]1COCCN1C[C@H]1CN(S(=O)(=O)c2cccs2)CCN1c1ncc(C(C)(O)C(F)(F)F)cn1. The van der Waals surface area contributed by atoms with Gasteiger partial charge in [-0.15, -0.1) is 11.3 Å². The molecule has 3 atom stereocenters. The normalized spacial score (nSPS) is 24.9. The Morgan fingerprint density at radius 3 is 2.54 bits per heavy atom. The van der Waals surface area contributed by atoms with E-state index in [4.69, 9.17) is 4.74 Å². The van der Waals surface area contributed by atoms with Gasteiger partial charge in [-0.2, -0.15) is 17.5 Å². The summed E-state index contributed by atoms with van der Waals surface area (Å²) in [5.74, 6) is 0.186. The van der Waals surface area contributed by atoms with Crippen LogP contribution in [0.2, 0.25) is 0 Å². The van der Waals surface area contributed by atoms with Crippen molar-refractivity contribution in [3.63, 3.8) is 0 Å². The molecule has 2 fully saturated rings. The van der Waals surface area contributed by atoms with Gasteiger partial charge >= 0.3 is 6.18 Å². The minimum atomic E-state index is -4.88. The Bertz CT molecular complexity index is 1100. The zero-order valence-corrected chi connectivity index (χ0v) is 21.0. The molecule has 2 aromatic rings. The molecule has 0 aliphatic carbocycles. The molecule has 4 heterocycles. The summed E-state index contributed by atoms with van der Waals surface area (Å²) in [5, 5.41) is 11.6. The highest BCUT2D eigenvalue weighted by Gasteiger charge is 2.51. The summed E-state index contributed by atoms with van der Waals surface area (Å²) < 4.78 is 73.2. The number of aliphatic hydroxyl groups is 1. The number of nitrogens with zero attached hydrogens (tertiary/aromatic N) is 5. The van der Waals surface area contributed by atoms with Gasteiger partial charge in [0.15, 0.2) is 5.60 Å². The summed E-state index contributed by atoms with van der Waals surface area (Å²) in [4.78, 5) is 12.3. The first-order chi connectivity index (χ1) is 16.4. The van der Waals surface area contributed by atoms with E-state index in [1.165, 1.54) is 4.31 Å². The Hall–Kier alpha value is -1.84. The molecule has 2 saturated heterocycles. The molecule has 1 N–H and O–H groups in total. The number of thiophene rings is 1. The fourth-order valence-electron chi connectivity index (χ4n) is 4.19. The van der Waals surface area contributed by atoms with Crippen LogP contribution in [-0.2, 0) is 20.4 Å². The van der Waals surface area contributed by atoms with Crippen LogP contribution in [0, 0.1) is 0 Å². The second-order valence-electron chi connectivity index (χ2n) is 8.90. The fourth-order valence-corrected chi connectivity index (χ4v) is 6.80. The van der Waals surface area contributed by atoms with Crippen LogP contribution in [0.3, 0.4) is 0 Å². The first kappa shape index (κ1) is 26.2. The Morgan fingerprint density at radius 1 is 1.23 bits per heavy atom. The number of anilines is 1. The maximum Gasteiger partial charge on any atom is 0.421 e. The largest absolute Gasteiger partial charge is 0.421 e. The van der Waals surface area contributed by atoms with E-state index in [0.717, 1.165) is 23.7 Å². The third-order valence-corrected chi connectivity index (χ3v) is 9.73. The molecule has 0 saturated carbocycles. The van der Waals surface area contributed by atoms with E-state index in [2.05, 4.69) is 14.9 Å². The van der Waals surface area contributed by atoms with Gasteiger partial charge in [0.1, 0.15) is 4.21 Å². The number of morpholine rings is 1. The van der Waals surface area contributed by atoms with Gasteiger partial charge in [0.05, 0.1) is 19.3 Å². The van der Waals surface area contributed by atoms with Crippen molar-refractivity contribution in [2.75, 3.05) is 50.8 Å². The van der Waals surface area contributed by atoms with Gasteiger partial charge in [-0.1, -0.05) is 6.07 Å². The van der Waals surface area contributed by atoms with Gasteiger partial charge in [-0.05, 0) is 25.3 Å². The number of hydrogen-bond donors (Lipinski definition) is 1. The zero-order valence-electron chi connectivity index (χ0n) is 19.3. The first-order valence-corrected chi connectivity index (χ1v) is 13.5. The number of alkyl halides is 3. The Balaban J connectivity index is 1.60. The zero-order chi connectivity index (χ0) is 25.4. The quantitative estimate of drug-likeness (QED) is 0.599. The Morgan fingerprint density at radius 2 is 1.94 bits per heavy atom. The monoisotopic (exact) mass is 535 g/mol. The molecule has 0 amide bonds. The average Bonchev–Trinajstić information content (AvgIpc) is 3.36. The maximum atomic E-state index is 13.2. The lowest BCUT2D eigenvalue weighted by Crippen LogP contribution is -2.60. The van der Waals surface area contributed by atoms with Crippen LogP contribution in [0.5, 0.6) is 0 Å². The number of piperazine rings is 1. The highest BCUT2D eigenvalue weighted by molar-refractivity contribution is 7.91. The summed E-state index contributed by atoms with van der Waals surface area (Å²) in [7, 11) is -3.67. The molecule has 0 radical (unpaired) electrons. The van der Waals surface area contributed by atoms with E-state index in [1.54, 1.807) is 17.5 Å². The smallest absolute Gasteiger partial charge is 0.379 e. The second-order valence-corrected chi connectivity index (χ2v) is 12.0. The molecule has 4 rings (SSSR count). The van der Waals surface area contributed by atoms with E-state index in [1.807, 2.05) is 11.8 Å². The van der Waals surface area contributed by atoms with Crippen molar-refractivity contribution in [1.29, 1.82) is 0 Å². The van der Waals surface area contributed by atoms with Crippen molar-refractivity contribution in [1.82, 2.24) is 19.2 Å². The Kier molecular flexibility index (Phi) is 7.42. The summed E-state index contributed by atoms with van der Waals surface area (Å²) in [6.45, 7) is 5.61. The average molecular weight is 536 g/mol. The summed E-state index contributed by atoms with van der Waals surface area (Å²) in [6.07, 6.45) is -2.94. The standard InChI is InChI=1S/C21H28F3N5O4S2/c1-15-14-33-8-7-27(15)12-17-13-28(35(31,32)18-4-3-9-34-18)5-6-29(17)19-25-10-16(11-26-19)20(2,30)21(22,23)24/h3-4,9-11,15,17,30H,5-8,12-14H2,1-2H3/t15-,17-,20?/m0/s1. The molecule has 0 spiro atoms. The van der Waals surface area contributed by atoms with E-state index in [-0.39, 0.29) is 41.9 Å². The minimum Gasteiger partial charge on any atom is -0.379 e. The lowest BCUT2D eigenvalue weighted by atomic mass is 9.99. The second kappa shape index (κ2) is 9.90. The summed E-state index contributed by atoms with van der Waals surface area (Å²) in [5.41, 5.74) is -3.55. The van der Waals surface area contributed by atoms with Gasteiger partial charge < -0.3 is 14.7 Å². The van der Waals surface area contributed by atoms with Gasteiger partial charge in [0, 0.05) is 56.7 Å². The van der Waals surface area contributed by atoms with Crippen LogP contribution in [0.1, 0.15) is 19.4 Å². The van der Waals surface area contributed by atoms with Crippen molar-refractivity contribution in [3.8, 4) is 0 Å². The number of ether oxygens (including phenoxy) is 1. The predicted molar refractivity (Wildman–Crippen MR) is 124 cm³/mol. The molecule has 0 bridgehead atoms. The number of sulfonamides is 1. The van der Waals surface area contributed by atoms with Crippen LogP contribution in [0.4, 0.5) is 19.1 Å². The molecule has 1 unspecified atom stereocenters. The van der Waals surface area contributed by atoms with E-state index >= 15 is 0 Å². The van der Waals surface area contributed by atoms with Gasteiger partial charge in [-0.25, -0.2) is 18.4 Å². The van der Waals surface area contributed by atoms with E-state index in [0.29, 0.717) is 33.2 Å². The van der Waals surface area contributed by atoms with Gasteiger partial charge in [0.2, 0.25) is 5.95 Å². The minimum absolute atomic E-state index is 0.125. The molecule has 9 nitrogen and oxygen atoms in total. The van der Waals surface area contributed by atoms with E-state index in [9.17, 15) is 26.7 Å². The number of aromatic nitrogens is 2. The van der Waals surface area contributed by atoms with Crippen molar-refractivity contribution < 1.29 is 31.4 Å². The molecular weight excluding hydrogens is 507 g/mol. The summed E-state index contributed by atoms with van der Waals surface area (Å²) in [6, 6.07) is 3.04. The van der Waals surface area contributed by atoms with Gasteiger partial charge in [-0.3, -0.25) is 4.90 Å². The molecule has 14 heteroatoms. The first-order valence-electron chi connectivity index (χ1n) is 11.1. The van der Waals surface area contributed by atoms with Crippen molar-refractivity contribution in [3.05, 3.63) is 35.5 Å². The Labute approximate surface area is 206 Å². The number of rotatable bonds is 6. The number of hydrogen-bond acceptors (Lipinski definition) is 9. The number of halogens is 3. The van der Waals surface area contributed by atoms with Crippen molar-refractivity contribution in [2.24, 2.45) is 0 Å². The highest BCUT2D eigenvalue weighted by Crippen LogP contribution is 2.38. The fraction of sp³-hybridized carbons (Fsp3) is 0.619. The molecular formula is C21H28F3N5O4S2. The van der Waals surface area contributed by atoms with Crippen molar-refractivity contribution in [2.45, 2.75) is 41.9 Å². The maximum absolute atomic E-state index is 13.2. The van der Waals surface area contributed by atoms with E-state index < -0.39 is 27.4 Å². The van der Waals surface area contributed by atoms with Crippen LogP contribution in [0.15, 0.2) is 34.1 Å². The van der Waals surface area contributed by atoms with Crippen molar-refractivity contribution >= 4 is 27.3 Å². The lowest BCUT2D eigenvalue weighted by Gasteiger charge is -2.44. The van der Waals surface area contributed by atoms with Crippen LogP contribution >= 0.6 is 11.3 Å². The summed E-state index contributed by atoms with van der Waals surface area (Å²) >= 11 is 1.15. The molecule has 2 aromatic heterocycles. The third kappa shape index (κ3) is 5.32. The lowest BCUT2D eigenvalue weighted by molar-refractivity contribution is -0.259. The highest BCUT2D eigenvalue weighted by atomic mass is 32.2. The molecule has 2 aliphatic heterocycles. The van der Waals surface area contributed by atoms with Gasteiger partial charge in [0.25, 0.3) is 10.0 Å². The van der Waals surface area contributed by atoms with Crippen LogP contribution in [0.25, 0.3) is 0 Å². The third-order valence-electron chi connectivity index (χ3n) is 6.49. The topological polar surface area (TPSA) is 99.1 Å². The molecule has 35 heavy (non-hydrogen) atoms. The molecule has 194 valence electrons. The molecule has 0 aromatic carbocycles. The molecule has 2 aliphatic rings. The van der Waals surface area contributed by atoms with Crippen LogP contribution in [-0.4, -0.2) is 96.9 Å². The predicted octanol–water partition coefficient (Wildman–Crippen LogP) is 1.91.